The van der Waals surface area contributed by atoms with Gasteiger partial charge in [-0.25, -0.2) is 0 Å². The van der Waals surface area contributed by atoms with E-state index in [2.05, 4.69) is 5.32 Å². The summed E-state index contributed by atoms with van der Waals surface area (Å²) >= 11 is 0. The first kappa shape index (κ1) is 14.0. The number of hydrogen-bond donors (Lipinski definition) is 2. The Labute approximate surface area is 117 Å². The van der Waals surface area contributed by atoms with Gasteiger partial charge < -0.3 is 20.2 Å². The molecule has 106 valence electrons. The van der Waals surface area contributed by atoms with Gasteiger partial charge in [-0.1, -0.05) is 0 Å². The van der Waals surface area contributed by atoms with Gasteiger partial charge in [0.15, 0.2) is 0 Å². The number of nitrogens with two attached hydrogens (primary N) is 1. The number of furan rings is 1. The fourth-order valence-corrected chi connectivity index (χ4v) is 1.91. The zero-order valence-corrected chi connectivity index (χ0v) is 11.8. The van der Waals surface area contributed by atoms with E-state index < -0.39 is 0 Å². The zero-order chi connectivity index (χ0) is 14.7. The van der Waals surface area contributed by atoms with Crippen LogP contribution in [0.5, 0.6) is 5.75 Å². The SMILES string of the molecule is COc1ccc(C(=O)NC(C)c2ccc(C)o2)cc1N. The number of carbonyl (C=O) groups is 1. The lowest BCUT2D eigenvalue weighted by atomic mass is 10.1. The molecule has 5 heteroatoms. The summed E-state index contributed by atoms with van der Waals surface area (Å²) in [6, 6.07) is 8.44. The number of methoxy groups -OCH3 is 1. The minimum Gasteiger partial charge on any atom is -0.495 e. The number of amides is 1. The minimum atomic E-state index is -0.209. The molecule has 1 heterocycles. The number of anilines is 1. The largest absolute Gasteiger partial charge is 0.495 e. The van der Waals surface area contributed by atoms with E-state index in [1.165, 1.54) is 7.11 Å². The van der Waals surface area contributed by atoms with Crippen molar-refractivity contribution in [2.75, 3.05) is 12.8 Å². The standard InChI is InChI=1S/C15H18N2O3/c1-9-4-6-13(20-9)10(2)17-15(18)11-5-7-14(19-3)12(16)8-11/h4-8,10H,16H2,1-3H3,(H,17,18). The first-order valence-corrected chi connectivity index (χ1v) is 6.32. The number of benzene rings is 1. The van der Waals surface area contributed by atoms with Gasteiger partial charge in [-0.3, -0.25) is 4.79 Å². The predicted molar refractivity (Wildman–Crippen MR) is 76.7 cm³/mol. The molecule has 0 aliphatic rings. The number of aryl methyl sites for hydroxylation is 1. The number of ether oxygens (including phenoxy) is 1. The van der Waals surface area contributed by atoms with E-state index in [4.69, 9.17) is 14.9 Å². The van der Waals surface area contributed by atoms with Crippen molar-refractivity contribution in [2.24, 2.45) is 0 Å². The maximum Gasteiger partial charge on any atom is 0.251 e. The highest BCUT2D eigenvalue weighted by molar-refractivity contribution is 5.95. The molecule has 1 atom stereocenters. The molecule has 0 aliphatic heterocycles. The molecule has 1 aromatic heterocycles. The molecular weight excluding hydrogens is 256 g/mol. The fraction of sp³-hybridized carbons (Fsp3) is 0.267. The lowest BCUT2D eigenvalue weighted by Gasteiger charge is -2.12. The number of nitrogens with one attached hydrogen (secondary N) is 1. The van der Waals surface area contributed by atoms with Gasteiger partial charge in [0.2, 0.25) is 0 Å². The Balaban J connectivity index is 2.10. The van der Waals surface area contributed by atoms with Crippen LogP contribution in [-0.2, 0) is 0 Å². The molecule has 0 bridgehead atoms. The van der Waals surface area contributed by atoms with Crippen LogP contribution in [0.3, 0.4) is 0 Å². The molecule has 1 aromatic carbocycles. The van der Waals surface area contributed by atoms with Crippen molar-refractivity contribution < 1.29 is 13.9 Å². The maximum atomic E-state index is 12.1. The van der Waals surface area contributed by atoms with Gasteiger partial charge in [-0.2, -0.15) is 0 Å². The molecular formula is C15H18N2O3. The van der Waals surface area contributed by atoms with E-state index in [1.54, 1.807) is 18.2 Å². The Kier molecular flexibility index (Phi) is 3.98. The second-order valence-electron chi connectivity index (χ2n) is 4.60. The number of nitrogen functional groups attached to an aromatic ring is 1. The lowest BCUT2D eigenvalue weighted by molar-refractivity contribution is 0.0935. The maximum absolute atomic E-state index is 12.1. The summed E-state index contributed by atoms with van der Waals surface area (Å²) in [4.78, 5) is 12.1. The van der Waals surface area contributed by atoms with Crippen molar-refractivity contribution in [3.05, 3.63) is 47.4 Å². The minimum absolute atomic E-state index is 0.207. The van der Waals surface area contributed by atoms with Gasteiger partial charge in [0.25, 0.3) is 5.91 Å². The van der Waals surface area contributed by atoms with E-state index in [0.29, 0.717) is 17.0 Å². The summed E-state index contributed by atoms with van der Waals surface area (Å²) < 4.78 is 10.5. The molecule has 5 nitrogen and oxygen atoms in total. The van der Waals surface area contributed by atoms with Crippen molar-refractivity contribution in [1.29, 1.82) is 0 Å². The van der Waals surface area contributed by atoms with Crippen LogP contribution in [0, 0.1) is 6.92 Å². The monoisotopic (exact) mass is 274 g/mol. The lowest BCUT2D eigenvalue weighted by Crippen LogP contribution is -2.26. The molecule has 3 N–H and O–H groups in total. The predicted octanol–water partition coefficient (Wildman–Crippen LogP) is 2.67. The highest BCUT2D eigenvalue weighted by Gasteiger charge is 2.15. The van der Waals surface area contributed by atoms with Crippen LogP contribution in [0.4, 0.5) is 5.69 Å². The third-order valence-corrected chi connectivity index (χ3v) is 3.03. The molecule has 0 fully saturated rings. The summed E-state index contributed by atoms with van der Waals surface area (Å²) in [5.41, 5.74) is 6.71. The average molecular weight is 274 g/mol. The quantitative estimate of drug-likeness (QED) is 0.840. The van der Waals surface area contributed by atoms with Crippen molar-refractivity contribution in [1.82, 2.24) is 5.32 Å². The van der Waals surface area contributed by atoms with E-state index >= 15 is 0 Å². The fourth-order valence-electron chi connectivity index (χ4n) is 1.91. The van der Waals surface area contributed by atoms with Gasteiger partial charge in [-0.15, -0.1) is 0 Å². The molecule has 0 saturated heterocycles. The summed E-state index contributed by atoms with van der Waals surface area (Å²) in [6.45, 7) is 3.73. The van der Waals surface area contributed by atoms with E-state index in [-0.39, 0.29) is 11.9 Å². The van der Waals surface area contributed by atoms with Gasteiger partial charge in [0.05, 0.1) is 18.8 Å². The van der Waals surface area contributed by atoms with E-state index in [1.807, 2.05) is 26.0 Å². The van der Waals surface area contributed by atoms with E-state index in [9.17, 15) is 4.79 Å². The highest BCUT2D eigenvalue weighted by atomic mass is 16.5. The second-order valence-corrected chi connectivity index (χ2v) is 4.60. The van der Waals surface area contributed by atoms with Gasteiger partial charge in [0, 0.05) is 5.56 Å². The van der Waals surface area contributed by atoms with Crippen LogP contribution in [0.2, 0.25) is 0 Å². The topological polar surface area (TPSA) is 77.5 Å². The van der Waals surface area contributed by atoms with E-state index in [0.717, 1.165) is 11.5 Å². The first-order valence-electron chi connectivity index (χ1n) is 6.32. The number of carbonyl (C=O) groups excluding carboxylic acids is 1. The summed E-state index contributed by atoms with van der Waals surface area (Å²) in [6.07, 6.45) is 0. The second kappa shape index (κ2) is 5.69. The summed E-state index contributed by atoms with van der Waals surface area (Å²) in [5.74, 6) is 1.88. The van der Waals surface area contributed by atoms with Gasteiger partial charge in [0.1, 0.15) is 17.3 Å². The average Bonchev–Trinajstić information content (AvgIpc) is 2.85. The molecule has 0 radical (unpaired) electrons. The van der Waals surface area contributed by atoms with Gasteiger partial charge >= 0.3 is 0 Å². The van der Waals surface area contributed by atoms with Crippen LogP contribution < -0.4 is 15.8 Å². The molecule has 0 saturated carbocycles. The molecule has 0 aliphatic carbocycles. The molecule has 2 rings (SSSR count). The third-order valence-electron chi connectivity index (χ3n) is 3.03. The Bertz CT molecular complexity index is 619. The highest BCUT2D eigenvalue weighted by Crippen LogP contribution is 2.22. The zero-order valence-electron chi connectivity index (χ0n) is 11.8. The van der Waals surface area contributed by atoms with Gasteiger partial charge in [-0.05, 0) is 44.2 Å². The number of rotatable bonds is 4. The molecule has 1 unspecified atom stereocenters. The summed E-state index contributed by atoms with van der Waals surface area (Å²) in [7, 11) is 1.53. The van der Waals surface area contributed by atoms with Crippen molar-refractivity contribution in [2.45, 2.75) is 19.9 Å². The normalized spacial score (nSPS) is 11.9. The van der Waals surface area contributed by atoms with Crippen LogP contribution in [0.25, 0.3) is 0 Å². The smallest absolute Gasteiger partial charge is 0.251 e. The van der Waals surface area contributed by atoms with Crippen LogP contribution in [-0.4, -0.2) is 13.0 Å². The van der Waals surface area contributed by atoms with Crippen molar-refractivity contribution in [3.8, 4) is 5.75 Å². The van der Waals surface area contributed by atoms with Crippen molar-refractivity contribution in [3.63, 3.8) is 0 Å². The molecule has 2 aromatic rings. The first-order chi connectivity index (χ1) is 9.51. The molecule has 1 amide bonds. The number of hydrogen-bond acceptors (Lipinski definition) is 4. The summed E-state index contributed by atoms with van der Waals surface area (Å²) in [5, 5.41) is 2.86. The Morgan fingerprint density at radius 1 is 1.35 bits per heavy atom. The molecule has 0 spiro atoms. The van der Waals surface area contributed by atoms with Crippen LogP contribution >= 0.6 is 0 Å². The van der Waals surface area contributed by atoms with Crippen molar-refractivity contribution >= 4 is 11.6 Å². The Morgan fingerprint density at radius 3 is 2.65 bits per heavy atom. The van der Waals surface area contributed by atoms with Crippen LogP contribution in [0.15, 0.2) is 34.7 Å². The Morgan fingerprint density at radius 2 is 2.10 bits per heavy atom. The molecule has 20 heavy (non-hydrogen) atoms. The van der Waals surface area contributed by atoms with Crippen LogP contribution in [0.1, 0.15) is 34.8 Å². The third kappa shape index (κ3) is 2.93. The Hall–Kier alpha value is -2.43.